The predicted octanol–water partition coefficient (Wildman–Crippen LogP) is 2.02. The maximum Gasteiger partial charge on any atom is 0.224 e. The summed E-state index contributed by atoms with van der Waals surface area (Å²) in [6.07, 6.45) is 0.494. The second-order valence-electron chi connectivity index (χ2n) is 5.01. The second kappa shape index (κ2) is 8.35. The maximum atomic E-state index is 13.1. The van der Waals surface area contributed by atoms with E-state index in [0.29, 0.717) is 18.5 Å². The van der Waals surface area contributed by atoms with Crippen LogP contribution in [0.5, 0.6) is 5.75 Å². The highest BCUT2D eigenvalue weighted by atomic mass is 19.1. The van der Waals surface area contributed by atoms with Crippen molar-refractivity contribution in [1.29, 1.82) is 5.26 Å². The molecule has 5 nitrogen and oxygen atoms in total. The molecule has 2 N–H and O–H groups in total. The summed E-state index contributed by atoms with van der Waals surface area (Å²) in [6, 6.07) is 5.50. The van der Waals surface area contributed by atoms with Gasteiger partial charge in [0.15, 0.2) is 0 Å². The lowest BCUT2D eigenvalue weighted by Gasteiger charge is -2.12. The summed E-state index contributed by atoms with van der Waals surface area (Å²) >= 11 is 0. The monoisotopic (exact) mass is 307 g/mol. The second-order valence-corrected chi connectivity index (χ2v) is 5.01. The van der Waals surface area contributed by atoms with Crippen molar-refractivity contribution in [2.75, 3.05) is 13.6 Å². The van der Waals surface area contributed by atoms with E-state index < -0.39 is 5.82 Å². The van der Waals surface area contributed by atoms with Crippen molar-refractivity contribution >= 4 is 5.91 Å². The molecule has 2 rings (SSSR count). The number of rotatable bonds is 3. The smallest absolute Gasteiger partial charge is 0.224 e. The van der Waals surface area contributed by atoms with Gasteiger partial charge in [0.05, 0.1) is 18.0 Å². The fraction of sp³-hybridized carbons (Fsp3) is 0.500. The zero-order chi connectivity index (χ0) is 16.7. The molecule has 0 aromatic heterocycles. The van der Waals surface area contributed by atoms with Crippen LogP contribution in [0.2, 0.25) is 0 Å². The fourth-order valence-electron chi connectivity index (χ4n) is 2.36. The summed E-state index contributed by atoms with van der Waals surface area (Å²) in [5.74, 6) is -0.944. The van der Waals surface area contributed by atoms with E-state index in [1.54, 1.807) is 7.05 Å². The topological polar surface area (TPSA) is 76.4 Å². The predicted molar refractivity (Wildman–Crippen MR) is 81.4 cm³/mol. The van der Waals surface area contributed by atoms with Crippen LogP contribution in [0.3, 0.4) is 0 Å². The Bertz CT molecular complexity index is 557. The zero-order valence-corrected chi connectivity index (χ0v) is 13.1. The van der Waals surface area contributed by atoms with Gasteiger partial charge in [0, 0.05) is 18.7 Å². The number of carbonyl (C=O) groups is 1. The molecular formula is C16H22FN3O2. The molecule has 2 atom stereocenters. The van der Waals surface area contributed by atoms with Crippen LogP contribution in [0.4, 0.5) is 4.39 Å². The van der Waals surface area contributed by atoms with Gasteiger partial charge in [0.1, 0.15) is 11.6 Å². The van der Waals surface area contributed by atoms with Crippen LogP contribution in [0.1, 0.15) is 25.8 Å². The molecule has 1 aromatic carbocycles. The number of nitrogens with one attached hydrogen (secondary N) is 1. The molecule has 2 unspecified atom stereocenters. The third-order valence-corrected chi connectivity index (χ3v) is 3.56. The minimum absolute atomic E-state index is 0.0508. The number of nitriles is 1. The SMILES string of the molecule is CC.CN1CC(C(=O)NCc2cc(F)ccc2O)CC1C#N. The van der Waals surface area contributed by atoms with E-state index in [-0.39, 0.29) is 30.2 Å². The van der Waals surface area contributed by atoms with E-state index in [1.165, 1.54) is 12.1 Å². The van der Waals surface area contributed by atoms with E-state index in [9.17, 15) is 14.3 Å². The summed E-state index contributed by atoms with van der Waals surface area (Å²) in [5.41, 5.74) is 0.335. The summed E-state index contributed by atoms with van der Waals surface area (Å²) in [7, 11) is 1.81. The number of hydrogen-bond donors (Lipinski definition) is 2. The van der Waals surface area contributed by atoms with Crippen LogP contribution in [0, 0.1) is 23.1 Å². The van der Waals surface area contributed by atoms with Crippen LogP contribution < -0.4 is 5.32 Å². The van der Waals surface area contributed by atoms with Gasteiger partial charge in [0.2, 0.25) is 5.91 Å². The minimum Gasteiger partial charge on any atom is -0.508 e. The molecule has 0 spiro atoms. The number of phenolic OH excluding ortho intramolecular Hbond substituents is 1. The lowest BCUT2D eigenvalue weighted by Crippen LogP contribution is -2.31. The Hall–Kier alpha value is -2.13. The van der Waals surface area contributed by atoms with Gasteiger partial charge in [-0.1, -0.05) is 13.8 Å². The third-order valence-electron chi connectivity index (χ3n) is 3.56. The molecule has 1 amide bonds. The number of benzene rings is 1. The molecule has 6 heteroatoms. The summed E-state index contributed by atoms with van der Waals surface area (Å²) in [4.78, 5) is 13.8. The van der Waals surface area contributed by atoms with E-state index in [4.69, 9.17) is 5.26 Å². The Labute approximate surface area is 130 Å². The fourth-order valence-corrected chi connectivity index (χ4v) is 2.36. The zero-order valence-electron chi connectivity index (χ0n) is 13.1. The van der Waals surface area contributed by atoms with Crippen molar-refractivity contribution in [1.82, 2.24) is 10.2 Å². The highest BCUT2D eigenvalue weighted by Crippen LogP contribution is 2.22. The van der Waals surface area contributed by atoms with Gasteiger partial charge >= 0.3 is 0 Å². The molecule has 1 aliphatic rings. The number of nitrogens with zero attached hydrogens (tertiary/aromatic N) is 2. The molecule has 1 saturated heterocycles. The van der Waals surface area contributed by atoms with Crippen LogP contribution in [-0.2, 0) is 11.3 Å². The van der Waals surface area contributed by atoms with Gasteiger partial charge in [-0.05, 0) is 31.7 Å². The van der Waals surface area contributed by atoms with E-state index in [0.717, 1.165) is 6.07 Å². The molecule has 1 fully saturated rings. The molecule has 1 aromatic rings. The van der Waals surface area contributed by atoms with Crippen molar-refractivity contribution in [2.24, 2.45) is 5.92 Å². The number of hydrogen-bond acceptors (Lipinski definition) is 4. The highest BCUT2D eigenvalue weighted by Gasteiger charge is 2.33. The Morgan fingerprint density at radius 1 is 1.55 bits per heavy atom. The first kappa shape index (κ1) is 17.9. The lowest BCUT2D eigenvalue weighted by atomic mass is 10.1. The first-order chi connectivity index (χ1) is 10.5. The molecular weight excluding hydrogens is 285 g/mol. The van der Waals surface area contributed by atoms with Crippen molar-refractivity contribution in [3.63, 3.8) is 0 Å². The Morgan fingerprint density at radius 2 is 2.23 bits per heavy atom. The number of halogens is 1. The minimum atomic E-state index is -0.461. The Morgan fingerprint density at radius 3 is 2.82 bits per heavy atom. The Kier molecular flexibility index (Phi) is 6.80. The molecule has 1 aliphatic heterocycles. The van der Waals surface area contributed by atoms with Gasteiger partial charge in [-0.2, -0.15) is 5.26 Å². The largest absolute Gasteiger partial charge is 0.508 e. The van der Waals surface area contributed by atoms with Crippen LogP contribution in [-0.4, -0.2) is 35.5 Å². The number of phenols is 1. The van der Waals surface area contributed by atoms with Crippen molar-refractivity contribution < 1.29 is 14.3 Å². The molecule has 1 heterocycles. The van der Waals surface area contributed by atoms with Crippen LogP contribution >= 0.6 is 0 Å². The quantitative estimate of drug-likeness (QED) is 0.895. The number of amides is 1. The van der Waals surface area contributed by atoms with Crippen molar-refractivity contribution in [3.05, 3.63) is 29.6 Å². The molecule has 0 aliphatic carbocycles. The molecule has 0 saturated carbocycles. The number of likely N-dealkylation sites (tertiary alicyclic amines) is 1. The number of aromatic hydroxyl groups is 1. The Balaban J connectivity index is 0.00000116. The molecule has 22 heavy (non-hydrogen) atoms. The normalized spacial score (nSPS) is 20.7. The average Bonchev–Trinajstić information content (AvgIpc) is 2.91. The van der Waals surface area contributed by atoms with Crippen molar-refractivity contribution in [3.8, 4) is 11.8 Å². The van der Waals surface area contributed by atoms with E-state index in [2.05, 4.69) is 11.4 Å². The molecule has 120 valence electrons. The van der Waals surface area contributed by atoms with Gasteiger partial charge in [-0.3, -0.25) is 9.69 Å². The van der Waals surface area contributed by atoms with Crippen molar-refractivity contribution in [2.45, 2.75) is 32.9 Å². The maximum absolute atomic E-state index is 13.1. The first-order valence-electron chi connectivity index (χ1n) is 7.36. The van der Waals surface area contributed by atoms with E-state index in [1.807, 2.05) is 18.7 Å². The van der Waals surface area contributed by atoms with Gasteiger partial charge in [-0.25, -0.2) is 4.39 Å². The average molecular weight is 307 g/mol. The van der Waals surface area contributed by atoms with Gasteiger partial charge in [0.25, 0.3) is 0 Å². The summed E-state index contributed by atoms with van der Waals surface area (Å²) in [6.45, 7) is 4.60. The number of carbonyl (C=O) groups excluding carboxylic acids is 1. The lowest BCUT2D eigenvalue weighted by molar-refractivity contribution is -0.124. The molecule has 0 bridgehead atoms. The highest BCUT2D eigenvalue weighted by molar-refractivity contribution is 5.79. The summed E-state index contributed by atoms with van der Waals surface area (Å²) in [5, 5.41) is 21.2. The van der Waals surface area contributed by atoms with E-state index >= 15 is 0 Å². The first-order valence-corrected chi connectivity index (χ1v) is 7.36. The summed E-state index contributed by atoms with van der Waals surface area (Å²) < 4.78 is 13.1. The van der Waals surface area contributed by atoms with Gasteiger partial charge in [-0.15, -0.1) is 0 Å². The van der Waals surface area contributed by atoms with Crippen LogP contribution in [0.15, 0.2) is 18.2 Å². The standard InChI is InChI=1S/C14H16FN3O2.C2H6/c1-18-8-10(5-12(18)6-16)14(20)17-7-9-4-11(15)2-3-13(9)19;1-2/h2-4,10,12,19H,5,7-8H2,1H3,(H,17,20);1-2H3. The van der Waals surface area contributed by atoms with Gasteiger partial charge < -0.3 is 10.4 Å². The third kappa shape index (κ3) is 4.43. The molecule has 0 radical (unpaired) electrons. The van der Waals surface area contributed by atoms with Crippen LogP contribution in [0.25, 0.3) is 0 Å².